The second-order valence-electron chi connectivity index (χ2n) is 4.37. The van der Waals surface area contributed by atoms with Crippen molar-refractivity contribution in [2.24, 2.45) is 10.7 Å². The van der Waals surface area contributed by atoms with E-state index >= 15 is 0 Å². The predicted molar refractivity (Wildman–Crippen MR) is 81.7 cm³/mol. The van der Waals surface area contributed by atoms with Crippen LogP contribution in [0.5, 0.6) is 0 Å². The molecule has 0 unspecified atom stereocenters. The Labute approximate surface area is 128 Å². The number of carbonyl (C=O) groups excluding carboxylic acids is 2. The molecule has 0 aliphatic heterocycles. The molecule has 22 heavy (non-hydrogen) atoms. The summed E-state index contributed by atoms with van der Waals surface area (Å²) < 4.78 is 18.3. The van der Waals surface area contributed by atoms with Gasteiger partial charge in [0.1, 0.15) is 11.5 Å². The van der Waals surface area contributed by atoms with Crippen molar-refractivity contribution in [3.05, 3.63) is 46.9 Å². The van der Waals surface area contributed by atoms with E-state index in [9.17, 15) is 14.0 Å². The number of ether oxygens (including phenoxy) is 1. The summed E-state index contributed by atoms with van der Waals surface area (Å²) in [6.45, 7) is 3.61. The van der Waals surface area contributed by atoms with Gasteiger partial charge in [-0.25, -0.2) is 9.18 Å². The van der Waals surface area contributed by atoms with Gasteiger partial charge in [-0.15, -0.1) is 0 Å². The predicted octanol–water partition coefficient (Wildman–Crippen LogP) is 2.15. The van der Waals surface area contributed by atoms with Crippen LogP contribution in [0.4, 0.5) is 4.39 Å². The van der Waals surface area contributed by atoms with E-state index in [4.69, 9.17) is 10.5 Å². The minimum absolute atomic E-state index is 0.0164. The van der Waals surface area contributed by atoms with Gasteiger partial charge in [0.2, 0.25) is 0 Å². The highest BCUT2D eigenvalue weighted by Gasteiger charge is 2.16. The van der Waals surface area contributed by atoms with Crippen molar-refractivity contribution in [3.63, 3.8) is 0 Å². The first kappa shape index (κ1) is 17.6. The van der Waals surface area contributed by atoms with Crippen molar-refractivity contribution >= 4 is 18.0 Å². The Morgan fingerprint density at radius 2 is 2.05 bits per heavy atom. The zero-order chi connectivity index (χ0) is 16.5. The fraction of sp³-hybridized carbons (Fsp3) is 0.312. The van der Waals surface area contributed by atoms with Gasteiger partial charge in [-0.1, -0.05) is 25.1 Å². The summed E-state index contributed by atoms with van der Waals surface area (Å²) in [5, 5.41) is 0. The number of allylic oxidation sites excluding steroid dienone is 1. The maximum atomic E-state index is 13.6. The fourth-order valence-electron chi connectivity index (χ4n) is 1.80. The first-order chi connectivity index (χ1) is 10.5. The molecule has 5 nitrogen and oxygen atoms in total. The topological polar surface area (TPSA) is 81.8 Å². The van der Waals surface area contributed by atoms with Crippen LogP contribution in [0.25, 0.3) is 0 Å². The number of nitrogens with two attached hydrogens (primary N) is 1. The third-order valence-electron chi connectivity index (χ3n) is 2.95. The SMILES string of the molecule is CCOC(=O)C(N)=C(C=O)C(CC)=NCc1ccccc1F. The van der Waals surface area contributed by atoms with Crippen LogP contribution in [0.1, 0.15) is 25.8 Å². The summed E-state index contributed by atoms with van der Waals surface area (Å²) >= 11 is 0. The highest BCUT2D eigenvalue weighted by Crippen LogP contribution is 2.11. The zero-order valence-corrected chi connectivity index (χ0v) is 12.6. The molecule has 1 rings (SSSR count). The van der Waals surface area contributed by atoms with Gasteiger partial charge in [0.15, 0.2) is 6.29 Å². The van der Waals surface area contributed by atoms with Crippen LogP contribution < -0.4 is 5.73 Å². The normalized spacial score (nSPS) is 12.6. The lowest BCUT2D eigenvalue weighted by molar-refractivity contribution is -0.138. The molecular formula is C16H19FN2O3. The van der Waals surface area contributed by atoms with E-state index in [1.807, 2.05) is 0 Å². The van der Waals surface area contributed by atoms with Crippen LogP contribution in [-0.2, 0) is 20.9 Å². The highest BCUT2D eigenvalue weighted by atomic mass is 19.1. The first-order valence-electron chi connectivity index (χ1n) is 6.94. The number of hydrogen-bond donors (Lipinski definition) is 1. The lowest BCUT2D eigenvalue weighted by Crippen LogP contribution is -2.21. The van der Waals surface area contributed by atoms with Gasteiger partial charge < -0.3 is 10.5 Å². The van der Waals surface area contributed by atoms with Crippen LogP contribution in [0.15, 0.2) is 40.5 Å². The molecule has 2 N–H and O–H groups in total. The third kappa shape index (κ3) is 4.51. The minimum Gasteiger partial charge on any atom is -0.461 e. The molecule has 0 fully saturated rings. The minimum atomic E-state index is -0.767. The zero-order valence-electron chi connectivity index (χ0n) is 12.6. The van der Waals surface area contributed by atoms with Gasteiger partial charge in [-0.05, 0) is 19.4 Å². The fourth-order valence-corrected chi connectivity index (χ4v) is 1.80. The number of aldehydes is 1. The maximum Gasteiger partial charge on any atom is 0.354 e. The molecule has 118 valence electrons. The number of benzene rings is 1. The molecule has 0 aromatic heterocycles. The Balaban J connectivity index is 3.09. The number of halogens is 1. The standard InChI is InChI=1S/C16H19FN2O3/c1-3-14(12(10-20)15(18)16(21)22-4-2)19-9-11-7-5-6-8-13(11)17/h5-8,10H,3-4,9,18H2,1-2H3. The Morgan fingerprint density at radius 1 is 1.36 bits per heavy atom. The van der Waals surface area contributed by atoms with Crippen LogP contribution in [0.3, 0.4) is 0 Å². The van der Waals surface area contributed by atoms with Gasteiger partial charge in [0, 0.05) is 11.3 Å². The summed E-state index contributed by atoms with van der Waals surface area (Å²) in [5.74, 6) is -1.15. The first-order valence-corrected chi connectivity index (χ1v) is 6.94. The molecule has 0 spiro atoms. The smallest absolute Gasteiger partial charge is 0.354 e. The number of nitrogens with zero attached hydrogens (tertiary/aromatic N) is 1. The Bertz CT molecular complexity index is 609. The summed E-state index contributed by atoms with van der Waals surface area (Å²) in [6.07, 6.45) is 0.846. The summed E-state index contributed by atoms with van der Waals surface area (Å²) in [5.41, 5.74) is 6.08. The molecule has 0 aliphatic carbocycles. The molecule has 0 amide bonds. The van der Waals surface area contributed by atoms with E-state index in [1.54, 1.807) is 32.0 Å². The molecule has 0 saturated heterocycles. The van der Waals surface area contributed by atoms with Gasteiger partial charge in [0.05, 0.1) is 18.7 Å². The van der Waals surface area contributed by atoms with Crippen LogP contribution >= 0.6 is 0 Å². The molecule has 0 heterocycles. The summed E-state index contributed by atoms with van der Waals surface area (Å²) in [4.78, 5) is 27.1. The largest absolute Gasteiger partial charge is 0.461 e. The molecule has 0 bridgehead atoms. The van der Waals surface area contributed by atoms with Crippen LogP contribution in [0.2, 0.25) is 0 Å². The van der Waals surface area contributed by atoms with Crippen molar-refractivity contribution in [1.29, 1.82) is 0 Å². The summed E-state index contributed by atoms with van der Waals surface area (Å²) in [6, 6.07) is 6.22. The van der Waals surface area contributed by atoms with Crippen molar-refractivity contribution in [2.75, 3.05) is 6.61 Å². The molecular weight excluding hydrogens is 287 g/mol. The second-order valence-corrected chi connectivity index (χ2v) is 4.37. The van der Waals surface area contributed by atoms with E-state index in [-0.39, 0.29) is 30.2 Å². The highest BCUT2D eigenvalue weighted by molar-refractivity contribution is 6.19. The molecule has 0 saturated carbocycles. The molecule has 0 radical (unpaired) electrons. The van der Waals surface area contributed by atoms with Crippen molar-refractivity contribution in [3.8, 4) is 0 Å². The Kier molecular flexibility index (Phi) is 6.95. The maximum absolute atomic E-state index is 13.6. The van der Waals surface area contributed by atoms with Crippen LogP contribution in [-0.4, -0.2) is 24.6 Å². The van der Waals surface area contributed by atoms with E-state index in [1.165, 1.54) is 6.07 Å². The van der Waals surface area contributed by atoms with E-state index < -0.39 is 5.97 Å². The van der Waals surface area contributed by atoms with Gasteiger partial charge in [0.25, 0.3) is 0 Å². The number of esters is 1. The number of carbonyl (C=O) groups is 2. The molecule has 0 atom stereocenters. The van der Waals surface area contributed by atoms with Gasteiger partial charge in [-0.2, -0.15) is 0 Å². The Hall–Kier alpha value is -2.50. The number of hydrogen-bond acceptors (Lipinski definition) is 5. The monoisotopic (exact) mass is 306 g/mol. The van der Waals surface area contributed by atoms with Gasteiger partial charge >= 0.3 is 5.97 Å². The van der Waals surface area contributed by atoms with Gasteiger partial charge in [-0.3, -0.25) is 9.79 Å². The van der Waals surface area contributed by atoms with E-state index in [0.29, 0.717) is 24.0 Å². The van der Waals surface area contributed by atoms with Crippen LogP contribution in [0, 0.1) is 5.82 Å². The number of rotatable bonds is 7. The van der Waals surface area contributed by atoms with E-state index in [0.717, 1.165) is 0 Å². The second kappa shape index (κ2) is 8.71. The Morgan fingerprint density at radius 3 is 2.59 bits per heavy atom. The molecule has 1 aromatic rings. The lowest BCUT2D eigenvalue weighted by Gasteiger charge is -2.08. The molecule has 1 aromatic carbocycles. The van der Waals surface area contributed by atoms with E-state index in [2.05, 4.69) is 4.99 Å². The molecule has 6 heteroatoms. The quantitative estimate of drug-likeness (QED) is 0.362. The summed E-state index contributed by atoms with van der Waals surface area (Å²) in [7, 11) is 0. The third-order valence-corrected chi connectivity index (χ3v) is 2.95. The average Bonchev–Trinajstić information content (AvgIpc) is 2.52. The van der Waals surface area contributed by atoms with Crippen molar-refractivity contribution in [2.45, 2.75) is 26.8 Å². The molecule has 0 aliphatic rings. The number of aliphatic imine (C=N–C) groups is 1. The van der Waals surface area contributed by atoms with Crippen molar-refractivity contribution in [1.82, 2.24) is 0 Å². The average molecular weight is 306 g/mol. The van der Waals surface area contributed by atoms with Crippen molar-refractivity contribution < 1.29 is 18.7 Å². The lowest BCUT2D eigenvalue weighted by atomic mass is 10.1.